The Morgan fingerprint density at radius 1 is 0.718 bits per heavy atom. The summed E-state index contributed by atoms with van der Waals surface area (Å²) in [5.74, 6) is -6.37. The van der Waals surface area contributed by atoms with E-state index >= 15 is 0 Å². The molecule has 0 unspecified atom stereocenters. The lowest BCUT2D eigenvalue weighted by Crippen LogP contribution is -2.60. The lowest BCUT2D eigenvalue weighted by atomic mass is 10.0. The molecule has 24 nitrogen and oxygen atoms in total. The van der Waals surface area contributed by atoms with Gasteiger partial charge in [-0.3, -0.25) is 53.3 Å². The van der Waals surface area contributed by atoms with E-state index < -0.39 is 89.9 Å². The molecule has 18 N–H and O–H groups in total. The minimum atomic E-state index is -1.47. The zero-order valence-electron chi connectivity index (χ0n) is 39.0. The van der Waals surface area contributed by atoms with Crippen molar-refractivity contribution in [2.45, 2.75) is 100 Å². The molecule has 1 aliphatic rings. The third kappa shape index (κ3) is 16.8. The standard InChI is InChI=1S/C46H62N16O8S/c47-37(63)24-33(39(48)65)60-40(66)31(10-3-15-54-45(49)50)58-43(69)36-12-5-19-62(36)44(70)32(11-4-16-55-46(51)52)59-41(67)34(21-26-13-17-53-18-14-26)61-42(68)35(57-38(64)23-28-7-6-20-71-28)22-27-25-56-30-9-2-1-8-29(27)30/h1-2,6-9,13-14,17-18,20,25,31-36,56H,3-5,10-12,15-16,19,21-24H2,(H2,47,63)(H2,48,65)(H,57,64)(H,58,69)(H,59,67)(H,60,66)(H,61,68)(H4,49,50,54)(H4,51,52,55)/t31-,32-,33-,34-,35-,36-/m0/s1. The second kappa shape index (κ2) is 26.6. The van der Waals surface area contributed by atoms with Crippen LogP contribution in [0.3, 0.4) is 0 Å². The Bertz CT molecular complexity index is 2550. The second-order valence-corrected chi connectivity index (χ2v) is 17.9. The normalized spacial score (nSPS) is 15.2. The zero-order chi connectivity index (χ0) is 51.5. The van der Waals surface area contributed by atoms with Gasteiger partial charge in [-0.2, -0.15) is 0 Å². The van der Waals surface area contributed by atoms with E-state index in [0.717, 1.165) is 21.3 Å². The first kappa shape index (κ1) is 53.9. The number of nitrogens with one attached hydrogen (secondary N) is 6. The maximum atomic E-state index is 14.7. The van der Waals surface area contributed by atoms with Gasteiger partial charge in [-0.25, -0.2) is 0 Å². The first-order chi connectivity index (χ1) is 34.0. The van der Waals surface area contributed by atoms with E-state index in [2.05, 4.69) is 46.5 Å². The quantitative estimate of drug-likeness (QED) is 0.0168. The van der Waals surface area contributed by atoms with E-state index in [4.69, 9.17) is 34.4 Å². The fraction of sp³-hybridized carbons (Fsp3) is 0.413. The van der Waals surface area contributed by atoms with Crippen molar-refractivity contribution in [3.05, 3.63) is 88.5 Å². The van der Waals surface area contributed by atoms with Gasteiger partial charge >= 0.3 is 0 Å². The molecule has 1 saturated heterocycles. The number of benzene rings is 1. The number of fused-ring (bicyclic) bond motifs is 1. The molecule has 1 fully saturated rings. The Morgan fingerprint density at radius 2 is 1.34 bits per heavy atom. The molecular formula is C46H62N16O8S. The molecule has 0 spiro atoms. The molecule has 6 atom stereocenters. The molecule has 1 aromatic carbocycles. The van der Waals surface area contributed by atoms with E-state index in [1.807, 2.05) is 41.8 Å². The van der Waals surface area contributed by atoms with E-state index in [-0.39, 0.29) is 82.9 Å². The summed E-state index contributed by atoms with van der Waals surface area (Å²) < 4.78 is 0. The summed E-state index contributed by atoms with van der Waals surface area (Å²) in [6.45, 7) is 0.261. The number of aromatic nitrogens is 2. The van der Waals surface area contributed by atoms with Crippen molar-refractivity contribution in [3.8, 4) is 0 Å². The molecule has 1 aliphatic heterocycles. The predicted molar refractivity (Wildman–Crippen MR) is 265 cm³/mol. The summed E-state index contributed by atoms with van der Waals surface area (Å²) in [4.78, 5) is 126. The number of thiophene rings is 1. The van der Waals surface area contributed by atoms with Crippen LogP contribution in [0.4, 0.5) is 0 Å². The highest BCUT2D eigenvalue weighted by molar-refractivity contribution is 7.10. The van der Waals surface area contributed by atoms with E-state index in [0.29, 0.717) is 12.0 Å². The number of nitrogens with two attached hydrogens (primary N) is 6. The Hall–Kier alpha value is -8.09. The molecule has 0 bridgehead atoms. The Kier molecular flexibility index (Phi) is 20.2. The summed E-state index contributed by atoms with van der Waals surface area (Å²) in [7, 11) is 0. The zero-order valence-corrected chi connectivity index (χ0v) is 39.8. The number of carbonyl (C=O) groups excluding carboxylic acids is 8. The Balaban J connectivity index is 1.40. The minimum absolute atomic E-state index is 0.00568. The van der Waals surface area contributed by atoms with Gasteiger partial charge in [0.05, 0.1) is 12.8 Å². The molecule has 0 saturated carbocycles. The summed E-state index contributed by atoms with van der Waals surface area (Å²) in [6.07, 6.45) is 5.17. The second-order valence-electron chi connectivity index (χ2n) is 16.9. The summed E-state index contributed by atoms with van der Waals surface area (Å²) in [5, 5.41) is 16.3. The number of carbonyl (C=O) groups is 8. The van der Waals surface area contributed by atoms with Crippen LogP contribution in [0.1, 0.15) is 60.9 Å². The highest BCUT2D eigenvalue weighted by atomic mass is 32.1. The maximum absolute atomic E-state index is 14.7. The molecule has 8 amide bonds. The van der Waals surface area contributed by atoms with Crippen LogP contribution in [0.2, 0.25) is 0 Å². The number of pyridine rings is 1. The number of H-pyrrole nitrogens is 1. The van der Waals surface area contributed by atoms with Crippen LogP contribution in [0.15, 0.2) is 82.5 Å². The van der Waals surface area contributed by atoms with Crippen LogP contribution >= 0.6 is 11.3 Å². The van der Waals surface area contributed by atoms with Gasteiger partial charge in [0, 0.05) is 66.8 Å². The van der Waals surface area contributed by atoms with Gasteiger partial charge in [-0.1, -0.05) is 24.3 Å². The lowest BCUT2D eigenvalue weighted by molar-refractivity contribution is -0.142. The summed E-state index contributed by atoms with van der Waals surface area (Å²) in [6, 6.07) is 6.85. The van der Waals surface area contributed by atoms with Gasteiger partial charge in [0.1, 0.15) is 36.3 Å². The maximum Gasteiger partial charge on any atom is 0.245 e. The monoisotopic (exact) mass is 998 g/mol. The van der Waals surface area contributed by atoms with Crippen LogP contribution in [-0.2, 0) is 57.6 Å². The third-order valence-electron chi connectivity index (χ3n) is 11.5. The topological polar surface area (TPSA) is 409 Å². The average Bonchev–Trinajstić information content (AvgIpc) is 4.12. The van der Waals surface area contributed by atoms with Crippen molar-refractivity contribution in [2.75, 3.05) is 19.6 Å². The van der Waals surface area contributed by atoms with Gasteiger partial charge in [0.25, 0.3) is 0 Å². The highest BCUT2D eigenvalue weighted by Crippen LogP contribution is 2.22. The van der Waals surface area contributed by atoms with Crippen molar-refractivity contribution >= 4 is 81.4 Å². The van der Waals surface area contributed by atoms with E-state index in [9.17, 15) is 38.4 Å². The van der Waals surface area contributed by atoms with Gasteiger partial charge in [-0.05, 0) is 79.3 Å². The lowest BCUT2D eigenvalue weighted by Gasteiger charge is -2.31. The SMILES string of the molecule is NC(=O)C[C@H](NC(=O)[C@H](CCCN=C(N)N)NC(=O)[C@@H]1CCCN1C(=O)[C@H](CCCN=C(N)N)NC(=O)[C@H](Cc1ccncc1)NC(=O)[C@H](Cc1c[nH]c2ccccc12)NC(=O)Cc1cccs1)C(N)=O. The summed E-state index contributed by atoms with van der Waals surface area (Å²) >= 11 is 1.40. The van der Waals surface area contributed by atoms with Crippen LogP contribution < -0.4 is 61.0 Å². The number of likely N-dealkylation sites (tertiary alicyclic amines) is 1. The number of nitrogens with zero attached hydrogens (tertiary/aromatic N) is 4. The van der Waals surface area contributed by atoms with E-state index in [1.165, 1.54) is 28.6 Å². The number of aromatic amines is 1. The number of guanidine groups is 2. The number of para-hydroxylation sites is 1. The minimum Gasteiger partial charge on any atom is -0.370 e. The number of rotatable bonds is 27. The molecule has 4 heterocycles. The number of hydrogen-bond acceptors (Lipinski definition) is 12. The van der Waals surface area contributed by atoms with Gasteiger partial charge in [0.15, 0.2) is 11.9 Å². The van der Waals surface area contributed by atoms with Crippen molar-refractivity contribution < 1.29 is 38.4 Å². The number of hydrogen-bond donors (Lipinski definition) is 12. The number of primary amides is 2. The van der Waals surface area contributed by atoms with E-state index in [1.54, 1.807) is 18.3 Å². The Morgan fingerprint density at radius 3 is 1.97 bits per heavy atom. The van der Waals surface area contributed by atoms with Crippen LogP contribution in [0, 0.1) is 0 Å². The van der Waals surface area contributed by atoms with Crippen molar-refractivity contribution in [2.24, 2.45) is 44.4 Å². The molecule has 5 rings (SSSR count). The molecule has 71 heavy (non-hydrogen) atoms. The largest absolute Gasteiger partial charge is 0.370 e. The first-order valence-electron chi connectivity index (χ1n) is 22.9. The van der Waals surface area contributed by atoms with Crippen LogP contribution in [0.25, 0.3) is 10.9 Å². The molecule has 25 heteroatoms. The molecule has 0 radical (unpaired) electrons. The molecule has 380 valence electrons. The number of aliphatic imine (C=N–C) groups is 2. The van der Waals surface area contributed by atoms with Crippen LogP contribution in [0.5, 0.6) is 0 Å². The molecule has 0 aliphatic carbocycles. The third-order valence-corrected chi connectivity index (χ3v) is 12.4. The number of amides is 8. The van der Waals surface area contributed by atoms with Crippen molar-refractivity contribution in [3.63, 3.8) is 0 Å². The van der Waals surface area contributed by atoms with Gasteiger partial charge in [-0.15, -0.1) is 11.3 Å². The van der Waals surface area contributed by atoms with Crippen molar-refractivity contribution in [1.82, 2.24) is 41.5 Å². The van der Waals surface area contributed by atoms with Crippen LogP contribution in [-0.4, -0.2) is 130 Å². The Labute approximate surface area is 413 Å². The van der Waals surface area contributed by atoms with Gasteiger partial charge in [0.2, 0.25) is 47.3 Å². The highest BCUT2D eigenvalue weighted by Gasteiger charge is 2.40. The fourth-order valence-electron chi connectivity index (χ4n) is 8.06. The predicted octanol–water partition coefficient (Wildman–Crippen LogP) is -2.46. The summed E-state index contributed by atoms with van der Waals surface area (Å²) in [5.41, 5.74) is 34.9. The molecule has 3 aromatic heterocycles. The molecule has 4 aromatic rings. The smallest absolute Gasteiger partial charge is 0.245 e. The van der Waals surface area contributed by atoms with Crippen molar-refractivity contribution in [1.29, 1.82) is 0 Å². The average molecular weight is 999 g/mol. The first-order valence-corrected chi connectivity index (χ1v) is 23.8. The van der Waals surface area contributed by atoms with Gasteiger partial charge < -0.3 is 70.9 Å². The fourth-order valence-corrected chi connectivity index (χ4v) is 8.76. The molecular weight excluding hydrogens is 937 g/mol.